The van der Waals surface area contributed by atoms with Gasteiger partial charge in [-0.05, 0) is 18.2 Å². The second kappa shape index (κ2) is 5.89. The smallest absolute Gasteiger partial charge is 0.319 e. The van der Waals surface area contributed by atoms with Crippen molar-refractivity contribution in [1.29, 1.82) is 0 Å². The third kappa shape index (κ3) is 3.69. The topological polar surface area (TPSA) is 100 Å². The van der Waals surface area contributed by atoms with Crippen LogP contribution in [0.5, 0.6) is 6.01 Å². The van der Waals surface area contributed by atoms with Crippen LogP contribution < -0.4 is 10.9 Å². The number of nitrogens with zero attached hydrogens (tertiary/aromatic N) is 3. The van der Waals surface area contributed by atoms with E-state index in [1.165, 1.54) is 6.92 Å². The Kier molecular flexibility index (Phi) is 4.21. The molecule has 0 spiro atoms. The minimum absolute atomic E-state index is 0.0150. The van der Waals surface area contributed by atoms with Gasteiger partial charge in [0.05, 0.1) is 0 Å². The molecule has 0 aliphatic rings. The standard InChI is InChI=1S/C11H9Cl2N5O2/c1-5(19)17-18-10-14-9(15-11(20)16-10)6-2-7(12)4-8(13)3-6/h2-4H,1H3,(H,17,19)(H2,14,15,16,18,20). The van der Waals surface area contributed by atoms with E-state index >= 15 is 0 Å². The van der Waals surface area contributed by atoms with Crippen LogP contribution in [0.1, 0.15) is 6.92 Å². The number of hydrogen-bond donors (Lipinski definition) is 3. The Hall–Kier alpha value is -2.12. The predicted octanol–water partition coefficient (Wildman–Crippen LogP) is 2.01. The third-order valence-electron chi connectivity index (χ3n) is 2.09. The van der Waals surface area contributed by atoms with Crippen molar-refractivity contribution >= 4 is 35.1 Å². The Labute approximate surface area is 124 Å². The molecule has 0 fully saturated rings. The van der Waals surface area contributed by atoms with Gasteiger partial charge in [0, 0.05) is 22.5 Å². The molecule has 0 bridgehead atoms. The molecule has 0 atom stereocenters. The van der Waals surface area contributed by atoms with E-state index in [4.69, 9.17) is 23.2 Å². The van der Waals surface area contributed by atoms with E-state index in [1.54, 1.807) is 18.2 Å². The molecule has 2 rings (SSSR count). The molecule has 1 heterocycles. The van der Waals surface area contributed by atoms with Crippen LogP contribution in [-0.4, -0.2) is 26.0 Å². The maximum atomic E-state index is 10.8. The average Bonchev–Trinajstić information content (AvgIpc) is 2.34. The van der Waals surface area contributed by atoms with Gasteiger partial charge >= 0.3 is 6.01 Å². The number of carbonyl (C=O) groups excluding carboxylic acids is 1. The minimum Gasteiger partial charge on any atom is -0.479 e. The monoisotopic (exact) mass is 313 g/mol. The van der Waals surface area contributed by atoms with Crippen LogP contribution >= 0.6 is 23.2 Å². The van der Waals surface area contributed by atoms with Gasteiger partial charge in [-0.3, -0.25) is 15.6 Å². The summed E-state index contributed by atoms with van der Waals surface area (Å²) in [5.41, 5.74) is 5.23. The summed E-state index contributed by atoms with van der Waals surface area (Å²) < 4.78 is 0. The molecule has 9 heteroatoms. The van der Waals surface area contributed by atoms with Crippen LogP contribution in [0.4, 0.5) is 5.95 Å². The van der Waals surface area contributed by atoms with E-state index in [0.717, 1.165) is 0 Å². The largest absolute Gasteiger partial charge is 0.479 e. The summed E-state index contributed by atoms with van der Waals surface area (Å²) in [4.78, 5) is 22.2. The van der Waals surface area contributed by atoms with Crippen LogP contribution in [0.25, 0.3) is 11.4 Å². The molecule has 104 valence electrons. The van der Waals surface area contributed by atoms with Gasteiger partial charge in [0.15, 0.2) is 5.82 Å². The summed E-state index contributed by atoms with van der Waals surface area (Å²) in [7, 11) is 0. The number of carbonyl (C=O) groups is 1. The third-order valence-corrected chi connectivity index (χ3v) is 2.53. The van der Waals surface area contributed by atoms with Gasteiger partial charge in [0.25, 0.3) is 0 Å². The average molecular weight is 314 g/mol. The fourth-order valence-electron chi connectivity index (χ4n) is 1.38. The van der Waals surface area contributed by atoms with Gasteiger partial charge in [-0.1, -0.05) is 23.2 Å². The van der Waals surface area contributed by atoms with Crippen LogP contribution in [0, 0.1) is 0 Å². The molecule has 0 unspecified atom stereocenters. The second-order valence-electron chi connectivity index (χ2n) is 3.75. The number of amides is 1. The molecule has 1 amide bonds. The number of nitrogens with one attached hydrogen (secondary N) is 2. The van der Waals surface area contributed by atoms with Crippen molar-refractivity contribution in [3.63, 3.8) is 0 Å². The lowest BCUT2D eigenvalue weighted by molar-refractivity contribution is -0.118. The normalized spacial score (nSPS) is 10.2. The van der Waals surface area contributed by atoms with Crippen molar-refractivity contribution in [3.05, 3.63) is 28.2 Å². The summed E-state index contributed by atoms with van der Waals surface area (Å²) in [6.07, 6.45) is 0. The summed E-state index contributed by atoms with van der Waals surface area (Å²) in [5.74, 6) is -0.189. The van der Waals surface area contributed by atoms with E-state index in [-0.39, 0.29) is 17.7 Å². The molecule has 0 aliphatic heterocycles. The second-order valence-corrected chi connectivity index (χ2v) is 4.62. The molecule has 1 aromatic heterocycles. The van der Waals surface area contributed by atoms with Gasteiger partial charge in [-0.2, -0.15) is 15.0 Å². The van der Waals surface area contributed by atoms with Gasteiger partial charge in [-0.15, -0.1) is 0 Å². The highest BCUT2D eigenvalue weighted by Gasteiger charge is 2.09. The Balaban J connectivity index is 2.38. The molecule has 0 saturated carbocycles. The first kappa shape index (κ1) is 14.3. The Morgan fingerprint density at radius 2 is 1.80 bits per heavy atom. The molecule has 7 nitrogen and oxygen atoms in total. The minimum atomic E-state index is -0.501. The van der Waals surface area contributed by atoms with E-state index in [2.05, 4.69) is 25.8 Å². The maximum Gasteiger partial charge on any atom is 0.319 e. The number of rotatable bonds is 3. The predicted molar refractivity (Wildman–Crippen MR) is 74.4 cm³/mol. The Morgan fingerprint density at radius 1 is 1.15 bits per heavy atom. The van der Waals surface area contributed by atoms with E-state index in [0.29, 0.717) is 15.6 Å². The van der Waals surface area contributed by atoms with Gasteiger partial charge < -0.3 is 5.11 Å². The zero-order valence-electron chi connectivity index (χ0n) is 10.2. The lowest BCUT2D eigenvalue weighted by Gasteiger charge is -2.07. The van der Waals surface area contributed by atoms with Crippen molar-refractivity contribution < 1.29 is 9.90 Å². The summed E-state index contributed by atoms with van der Waals surface area (Å²) >= 11 is 11.8. The SMILES string of the molecule is CC(=O)NNc1nc(O)nc(-c2cc(Cl)cc(Cl)c2)n1. The number of benzene rings is 1. The lowest BCUT2D eigenvalue weighted by atomic mass is 10.2. The van der Waals surface area contributed by atoms with Crippen LogP contribution in [0.2, 0.25) is 10.0 Å². The highest BCUT2D eigenvalue weighted by atomic mass is 35.5. The number of aromatic nitrogens is 3. The molecule has 0 radical (unpaired) electrons. The fourth-order valence-corrected chi connectivity index (χ4v) is 1.90. The first-order valence-corrected chi connectivity index (χ1v) is 6.14. The highest BCUT2D eigenvalue weighted by molar-refractivity contribution is 6.35. The molecule has 1 aromatic carbocycles. The number of halogens is 2. The van der Waals surface area contributed by atoms with E-state index in [1.807, 2.05) is 0 Å². The van der Waals surface area contributed by atoms with Crippen molar-refractivity contribution in [1.82, 2.24) is 20.4 Å². The van der Waals surface area contributed by atoms with Crippen molar-refractivity contribution in [2.45, 2.75) is 6.92 Å². The van der Waals surface area contributed by atoms with E-state index < -0.39 is 6.01 Å². The van der Waals surface area contributed by atoms with Gasteiger partial charge in [0.1, 0.15) is 0 Å². The zero-order chi connectivity index (χ0) is 14.7. The summed E-state index contributed by atoms with van der Waals surface area (Å²) in [5, 5.41) is 10.3. The van der Waals surface area contributed by atoms with Crippen LogP contribution in [-0.2, 0) is 4.79 Å². The zero-order valence-corrected chi connectivity index (χ0v) is 11.7. The number of hydrogen-bond acceptors (Lipinski definition) is 6. The molecule has 0 aliphatic carbocycles. The molecule has 2 aromatic rings. The Morgan fingerprint density at radius 3 is 2.40 bits per heavy atom. The number of hydrazine groups is 1. The summed E-state index contributed by atoms with van der Waals surface area (Å²) in [6, 6.07) is 4.23. The molecule has 0 saturated heterocycles. The van der Waals surface area contributed by atoms with Crippen molar-refractivity contribution in [2.24, 2.45) is 0 Å². The lowest BCUT2D eigenvalue weighted by Crippen LogP contribution is -2.27. The van der Waals surface area contributed by atoms with Gasteiger partial charge in [-0.25, -0.2) is 0 Å². The highest BCUT2D eigenvalue weighted by Crippen LogP contribution is 2.26. The number of aromatic hydroxyl groups is 1. The summed E-state index contributed by atoms with van der Waals surface area (Å²) in [6.45, 7) is 1.31. The molecule has 3 N–H and O–H groups in total. The van der Waals surface area contributed by atoms with E-state index in [9.17, 15) is 9.90 Å². The number of anilines is 1. The first-order valence-electron chi connectivity index (χ1n) is 5.38. The first-order chi connectivity index (χ1) is 9.44. The van der Waals surface area contributed by atoms with Crippen molar-refractivity contribution in [2.75, 3.05) is 5.43 Å². The molecular weight excluding hydrogens is 305 g/mol. The van der Waals surface area contributed by atoms with Gasteiger partial charge in [0.2, 0.25) is 11.9 Å². The molecular formula is C11H9Cl2N5O2. The van der Waals surface area contributed by atoms with Crippen LogP contribution in [0.3, 0.4) is 0 Å². The maximum absolute atomic E-state index is 10.8. The quantitative estimate of drug-likeness (QED) is 0.749. The van der Waals surface area contributed by atoms with Crippen molar-refractivity contribution in [3.8, 4) is 17.4 Å². The van der Waals surface area contributed by atoms with Crippen LogP contribution in [0.15, 0.2) is 18.2 Å². The fraction of sp³-hybridized carbons (Fsp3) is 0.0909. The Bertz CT molecular complexity index is 645. The molecule has 20 heavy (non-hydrogen) atoms.